The fourth-order valence-electron chi connectivity index (χ4n) is 3.86. The van der Waals surface area contributed by atoms with Crippen LogP contribution >= 0.6 is 0 Å². The van der Waals surface area contributed by atoms with Crippen molar-refractivity contribution in [1.82, 2.24) is 15.1 Å². The number of hydrogen-bond acceptors (Lipinski definition) is 3. The molecule has 126 valence electrons. The highest BCUT2D eigenvalue weighted by Gasteiger charge is 2.29. The molecule has 1 aromatic rings. The average molecular weight is 315 g/mol. The van der Waals surface area contributed by atoms with Gasteiger partial charge in [-0.3, -0.25) is 9.69 Å². The van der Waals surface area contributed by atoms with Crippen molar-refractivity contribution >= 4 is 5.91 Å². The van der Waals surface area contributed by atoms with E-state index in [2.05, 4.69) is 52.5 Å². The molecule has 23 heavy (non-hydrogen) atoms. The van der Waals surface area contributed by atoms with Crippen LogP contribution in [0.5, 0.6) is 0 Å². The number of carbonyl (C=O) groups is 1. The lowest BCUT2D eigenvalue weighted by molar-refractivity contribution is -0.133. The molecule has 0 saturated carbocycles. The van der Waals surface area contributed by atoms with Crippen LogP contribution in [0.25, 0.3) is 0 Å². The third kappa shape index (κ3) is 4.33. The summed E-state index contributed by atoms with van der Waals surface area (Å²) >= 11 is 0. The van der Waals surface area contributed by atoms with Crippen LogP contribution in [-0.4, -0.2) is 54.5 Å². The number of rotatable bonds is 4. The van der Waals surface area contributed by atoms with Gasteiger partial charge < -0.3 is 10.2 Å². The minimum atomic E-state index is 0.0774. The molecule has 2 atom stereocenters. The van der Waals surface area contributed by atoms with E-state index in [-0.39, 0.29) is 6.04 Å². The maximum atomic E-state index is 12.6. The predicted octanol–water partition coefficient (Wildman–Crippen LogP) is 2.25. The van der Waals surface area contributed by atoms with Crippen molar-refractivity contribution in [2.24, 2.45) is 0 Å². The van der Waals surface area contributed by atoms with E-state index in [0.717, 1.165) is 51.9 Å². The van der Waals surface area contributed by atoms with Crippen molar-refractivity contribution in [3.05, 3.63) is 35.9 Å². The molecule has 3 rings (SSSR count). The standard InChI is InChI=1S/C19H29N3O/c1-21(15-16-7-3-2-4-8-16)17-9-6-13-22(14-11-17)19(23)18-10-5-12-20-18/h2-4,7-8,17-18,20H,5-6,9-15H2,1H3/t17-,18-/m0/s1. The maximum absolute atomic E-state index is 12.6. The number of amides is 1. The summed E-state index contributed by atoms with van der Waals surface area (Å²) in [5.41, 5.74) is 1.36. The molecule has 0 aliphatic carbocycles. The third-order valence-electron chi connectivity index (χ3n) is 5.27. The molecule has 1 N–H and O–H groups in total. The van der Waals surface area contributed by atoms with Crippen LogP contribution in [0.3, 0.4) is 0 Å². The number of carbonyl (C=O) groups excluding carboxylic acids is 1. The van der Waals surface area contributed by atoms with E-state index in [1.807, 2.05) is 0 Å². The van der Waals surface area contributed by atoms with Gasteiger partial charge >= 0.3 is 0 Å². The lowest BCUT2D eigenvalue weighted by atomic mass is 10.1. The molecule has 1 aromatic carbocycles. The van der Waals surface area contributed by atoms with Crippen LogP contribution < -0.4 is 5.32 Å². The molecule has 0 radical (unpaired) electrons. The van der Waals surface area contributed by atoms with E-state index in [1.54, 1.807) is 0 Å². The highest BCUT2D eigenvalue weighted by molar-refractivity contribution is 5.82. The van der Waals surface area contributed by atoms with Crippen LogP contribution in [0, 0.1) is 0 Å². The van der Waals surface area contributed by atoms with Crippen LogP contribution in [0.2, 0.25) is 0 Å². The lowest BCUT2D eigenvalue weighted by Gasteiger charge is -2.28. The van der Waals surface area contributed by atoms with E-state index < -0.39 is 0 Å². The Bertz CT molecular complexity index is 499. The fourth-order valence-corrected chi connectivity index (χ4v) is 3.86. The minimum Gasteiger partial charge on any atom is -0.341 e. The summed E-state index contributed by atoms with van der Waals surface area (Å²) < 4.78 is 0. The van der Waals surface area contributed by atoms with Gasteiger partial charge in [0, 0.05) is 25.7 Å². The molecule has 2 fully saturated rings. The van der Waals surface area contributed by atoms with Crippen molar-refractivity contribution in [1.29, 1.82) is 0 Å². The molecule has 0 bridgehead atoms. The molecule has 2 saturated heterocycles. The van der Waals surface area contributed by atoms with E-state index in [4.69, 9.17) is 0 Å². The van der Waals surface area contributed by atoms with E-state index >= 15 is 0 Å². The molecule has 0 unspecified atom stereocenters. The molecular weight excluding hydrogens is 286 g/mol. The topological polar surface area (TPSA) is 35.6 Å². The summed E-state index contributed by atoms with van der Waals surface area (Å²) in [6.07, 6.45) is 5.52. The van der Waals surface area contributed by atoms with Gasteiger partial charge in [-0.05, 0) is 51.3 Å². The Kier molecular flexibility index (Phi) is 5.68. The van der Waals surface area contributed by atoms with Gasteiger partial charge in [0.2, 0.25) is 5.91 Å². The molecule has 0 aromatic heterocycles. The Morgan fingerprint density at radius 3 is 2.74 bits per heavy atom. The second kappa shape index (κ2) is 7.93. The maximum Gasteiger partial charge on any atom is 0.239 e. The second-order valence-electron chi connectivity index (χ2n) is 6.96. The smallest absolute Gasteiger partial charge is 0.239 e. The zero-order chi connectivity index (χ0) is 16.1. The van der Waals surface area contributed by atoms with Crippen molar-refractivity contribution < 1.29 is 4.79 Å². The van der Waals surface area contributed by atoms with E-state index in [9.17, 15) is 4.79 Å². The molecule has 4 nitrogen and oxygen atoms in total. The Labute approximate surface area is 139 Å². The zero-order valence-electron chi connectivity index (χ0n) is 14.2. The first-order valence-corrected chi connectivity index (χ1v) is 9.00. The number of likely N-dealkylation sites (tertiary alicyclic amines) is 1. The Balaban J connectivity index is 1.52. The van der Waals surface area contributed by atoms with Gasteiger partial charge in [-0.1, -0.05) is 30.3 Å². The highest BCUT2D eigenvalue weighted by Crippen LogP contribution is 2.19. The van der Waals surface area contributed by atoms with Crippen molar-refractivity contribution in [3.8, 4) is 0 Å². The Morgan fingerprint density at radius 2 is 2.00 bits per heavy atom. The van der Waals surface area contributed by atoms with Crippen molar-refractivity contribution in [2.45, 2.75) is 50.7 Å². The van der Waals surface area contributed by atoms with Gasteiger partial charge in [-0.25, -0.2) is 0 Å². The van der Waals surface area contributed by atoms with Crippen LogP contribution in [0.4, 0.5) is 0 Å². The largest absolute Gasteiger partial charge is 0.341 e. The SMILES string of the molecule is CN(Cc1ccccc1)[C@H]1CCCN(C(=O)[C@@H]2CCCN2)CC1. The van der Waals surface area contributed by atoms with Crippen LogP contribution in [0.15, 0.2) is 30.3 Å². The van der Waals surface area contributed by atoms with Crippen molar-refractivity contribution in [3.63, 3.8) is 0 Å². The molecule has 2 aliphatic rings. The molecule has 2 heterocycles. The first-order chi connectivity index (χ1) is 11.2. The van der Waals surface area contributed by atoms with Crippen LogP contribution in [-0.2, 0) is 11.3 Å². The molecule has 1 amide bonds. The van der Waals surface area contributed by atoms with Crippen LogP contribution in [0.1, 0.15) is 37.7 Å². The summed E-state index contributed by atoms with van der Waals surface area (Å²) in [6, 6.07) is 11.3. The van der Waals surface area contributed by atoms with Crippen molar-refractivity contribution in [2.75, 3.05) is 26.7 Å². The summed E-state index contributed by atoms with van der Waals surface area (Å²) in [7, 11) is 2.22. The number of benzene rings is 1. The van der Waals surface area contributed by atoms with Gasteiger partial charge in [0.1, 0.15) is 0 Å². The normalized spacial score (nSPS) is 25.6. The minimum absolute atomic E-state index is 0.0774. The summed E-state index contributed by atoms with van der Waals surface area (Å²) in [6.45, 7) is 3.81. The lowest BCUT2D eigenvalue weighted by Crippen LogP contribution is -2.44. The second-order valence-corrected chi connectivity index (χ2v) is 6.96. The zero-order valence-corrected chi connectivity index (χ0v) is 14.2. The first kappa shape index (κ1) is 16.5. The molecule has 4 heteroatoms. The number of hydrogen-bond donors (Lipinski definition) is 1. The Morgan fingerprint density at radius 1 is 1.17 bits per heavy atom. The van der Waals surface area contributed by atoms with E-state index in [0.29, 0.717) is 11.9 Å². The summed E-state index contributed by atoms with van der Waals surface area (Å²) in [5.74, 6) is 0.328. The highest BCUT2D eigenvalue weighted by atomic mass is 16.2. The fraction of sp³-hybridized carbons (Fsp3) is 0.632. The summed E-state index contributed by atoms with van der Waals surface area (Å²) in [5, 5.41) is 3.34. The van der Waals surface area contributed by atoms with Gasteiger partial charge in [-0.2, -0.15) is 0 Å². The van der Waals surface area contributed by atoms with Gasteiger partial charge in [0.25, 0.3) is 0 Å². The third-order valence-corrected chi connectivity index (χ3v) is 5.27. The molecule has 0 spiro atoms. The average Bonchev–Trinajstić information content (AvgIpc) is 2.99. The number of nitrogens with one attached hydrogen (secondary N) is 1. The monoisotopic (exact) mass is 315 g/mol. The van der Waals surface area contributed by atoms with Gasteiger partial charge in [0.15, 0.2) is 0 Å². The van der Waals surface area contributed by atoms with Gasteiger partial charge in [-0.15, -0.1) is 0 Å². The quantitative estimate of drug-likeness (QED) is 0.926. The van der Waals surface area contributed by atoms with E-state index in [1.165, 1.54) is 12.0 Å². The Hall–Kier alpha value is -1.39. The predicted molar refractivity (Wildman–Crippen MR) is 93.2 cm³/mol. The summed E-state index contributed by atoms with van der Waals surface area (Å²) in [4.78, 5) is 17.1. The first-order valence-electron chi connectivity index (χ1n) is 9.00. The molecular formula is C19H29N3O. The number of nitrogens with zero attached hydrogens (tertiary/aromatic N) is 2. The van der Waals surface area contributed by atoms with Gasteiger partial charge in [0.05, 0.1) is 6.04 Å². The molecule has 2 aliphatic heterocycles.